The van der Waals surface area contributed by atoms with Crippen molar-refractivity contribution in [1.29, 1.82) is 0 Å². The number of hydrogen-bond donors (Lipinski definition) is 1. The lowest BCUT2D eigenvalue weighted by Crippen LogP contribution is -2.26. The molecule has 0 unspecified atom stereocenters. The molecule has 0 aliphatic heterocycles. The molecule has 0 aliphatic carbocycles. The monoisotopic (exact) mass is 358 g/mol. The summed E-state index contributed by atoms with van der Waals surface area (Å²) in [5.74, 6) is 0.268. The Bertz CT molecular complexity index is 799. The minimum atomic E-state index is -0.284. The van der Waals surface area contributed by atoms with Gasteiger partial charge in [-0.05, 0) is 35.2 Å². The zero-order valence-electron chi connectivity index (χ0n) is 13.7. The van der Waals surface area contributed by atoms with Crippen LogP contribution in [0.4, 0.5) is 0 Å². The fourth-order valence-electron chi connectivity index (χ4n) is 2.14. The first-order valence-corrected chi connectivity index (χ1v) is 8.54. The molecule has 0 fully saturated rings. The Morgan fingerprint density at radius 3 is 2.80 bits per heavy atom. The van der Waals surface area contributed by atoms with Crippen molar-refractivity contribution < 1.29 is 19.1 Å². The van der Waals surface area contributed by atoms with E-state index in [0.717, 1.165) is 15.6 Å². The van der Waals surface area contributed by atoms with E-state index in [1.807, 2.05) is 24.3 Å². The first-order valence-electron chi connectivity index (χ1n) is 7.72. The number of fused-ring (bicyclic) bond motifs is 1. The highest BCUT2D eigenvalue weighted by Crippen LogP contribution is 2.24. The number of carbonyl (C=O) groups excluding carboxylic acids is 1. The Labute approximate surface area is 149 Å². The van der Waals surface area contributed by atoms with E-state index in [1.165, 1.54) is 11.3 Å². The molecule has 0 saturated carbocycles. The third-order valence-corrected chi connectivity index (χ3v) is 4.52. The number of hydrogen-bond acceptors (Lipinski definition) is 6. The molecule has 6 nitrogen and oxygen atoms in total. The first-order chi connectivity index (χ1) is 12.3. The maximum atomic E-state index is 12.2. The van der Waals surface area contributed by atoms with Crippen molar-refractivity contribution in [2.24, 2.45) is 0 Å². The van der Waals surface area contributed by atoms with Gasteiger partial charge in [0.25, 0.3) is 5.91 Å². The number of aromatic nitrogens is 1. The van der Waals surface area contributed by atoms with Gasteiger partial charge in [0, 0.05) is 19.5 Å². The van der Waals surface area contributed by atoms with Gasteiger partial charge >= 0.3 is 0 Å². The third-order valence-electron chi connectivity index (χ3n) is 3.43. The Morgan fingerprint density at radius 2 is 2.04 bits per heavy atom. The second-order valence-electron chi connectivity index (χ2n) is 5.25. The normalized spacial score (nSPS) is 10.8. The zero-order chi connectivity index (χ0) is 17.5. The smallest absolute Gasteiger partial charge is 0.293 e. The van der Waals surface area contributed by atoms with Crippen molar-refractivity contribution in [1.82, 2.24) is 10.5 Å². The summed E-state index contributed by atoms with van der Waals surface area (Å²) in [6, 6.07) is 11.0. The van der Waals surface area contributed by atoms with Crippen LogP contribution in [0.3, 0.4) is 0 Å². The molecule has 3 aromatic rings. The number of hydroxylamine groups is 1. The van der Waals surface area contributed by atoms with E-state index in [4.69, 9.17) is 14.3 Å². The van der Waals surface area contributed by atoms with Crippen LogP contribution in [0.15, 0.2) is 48.8 Å². The van der Waals surface area contributed by atoms with Crippen molar-refractivity contribution in [3.8, 4) is 5.75 Å². The van der Waals surface area contributed by atoms with Gasteiger partial charge in [0.05, 0.1) is 29.4 Å². The van der Waals surface area contributed by atoms with Crippen molar-refractivity contribution in [2.75, 3.05) is 20.3 Å². The van der Waals surface area contributed by atoms with Gasteiger partial charge in [-0.25, -0.2) is 0 Å². The van der Waals surface area contributed by atoms with Gasteiger partial charge in [0.1, 0.15) is 0 Å². The molecule has 2 aromatic heterocycles. The predicted molar refractivity (Wildman–Crippen MR) is 95.7 cm³/mol. The van der Waals surface area contributed by atoms with E-state index in [9.17, 15) is 4.79 Å². The van der Waals surface area contributed by atoms with Crippen LogP contribution in [0.1, 0.15) is 15.2 Å². The van der Waals surface area contributed by atoms with Gasteiger partial charge in [-0.2, -0.15) is 5.48 Å². The number of nitrogens with zero attached hydrogens (tertiary/aromatic N) is 1. The van der Waals surface area contributed by atoms with Crippen molar-refractivity contribution in [3.05, 3.63) is 59.2 Å². The summed E-state index contributed by atoms with van der Waals surface area (Å²) >= 11 is 1.37. The highest BCUT2D eigenvalue weighted by atomic mass is 32.1. The van der Waals surface area contributed by atoms with Crippen LogP contribution in [-0.4, -0.2) is 31.2 Å². The summed E-state index contributed by atoms with van der Waals surface area (Å²) in [6.07, 6.45) is 3.44. The fourth-order valence-corrected chi connectivity index (χ4v) is 3.05. The van der Waals surface area contributed by atoms with Crippen LogP contribution in [0, 0.1) is 0 Å². The second kappa shape index (κ2) is 8.57. The lowest BCUT2D eigenvalue weighted by molar-refractivity contribution is 0.0616. The largest absolute Gasteiger partial charge is 0.382 e. The molecular formula is C18H18N2O4S. The standard InChI is InChI=1S/C18H18N2O4S/c1-22-8-9-23-12-13-2-4-15(5-3-13)24-20-18(21)16-10-14-6-7-19-11-17(14)25-16/h2-7,10-11H,8-9,12H2,1H3,(H,20,21). The summed E-state index contributed by atoms with van der Waals surface area (Å²) in [6.45, 7) is 1.63. The van der Waals surface area contributed by atoms with Crippen molar-refractivity contribution in [2.45, 2.75) is 6.61 Å². The molecule has 3 rings (SSSR count). The lowest BCUT2D eigenvalue weighted by Gasteiger charge is -2.07. The number of benzene rings is 1. The Kier molecular flexibility index (Phi) is 5.95. The zero-order valence-corrected chi connectivity index (χ0v) is 14.5. The summed E-state index contributed by atoms with van der Waals surface area (Å²) in [5, 5.41) is 0.989. The molecule has 0 bridgehead atoms. The molecule has 0 radical (unpaired) electrons. The first kappa shape index (κ1) is 17.3. The molecule has 0 saturated heterocycles. The van der Waals surface area contributed by atoms with Crippen molar-refractivity contribution in [3.63, 3.8) is 0 Å². The van der Waals surface area contributed by atoms with Gasteiger partial charge < -0.3 is 14.3 Å². The van der Waals surface area contributed by atoms with Crippen LogP contribution in [0.2, 0.25) is 0 Å². The number of ether oxygens (including phenoxy) is 2. The Morgan fingerprint density at radius 1 is 1.20 bits per heavy atom. The quantitative estimate of drug-likeness (QED) is 0.495. The molecule has 1 aromatic carbocycles. The predicted octanol–water partition coefficient (Wildman–Crippen LogP) is 3.18. The maximum absolute atomic E-state index is 12.2. The molecule has 1 amide bonds. The van der Waals surface area contributed by atoms with Gasteiger partial charge in [-0.1, -0.05) is 12.1 Å². The molecule has 1 N–H and O–H groups in total. The van der Waals surface area contributed by atoms with Crippen LogP contribution in [0.25, 0.3) is 10.1 Å². The number of methoxy groups -OCH3 is 1. The SMILES string of the molecule is COCCOCc1ccc(ONC(=O)c2cc3ccncc3s2)cc1. The lowest BCUT2D eigenvalue weighted by atomic mass is 10.2. The molecule has 0 aliphatic rings. The summed E-state index contributed by atoms with van der Waals surface area (Å²) in [7, 11) is 1.64. The van der Waals surface area contributed by atoms with E-state index in [-0.39, 0.29) is 5.91 Å². The molecular weight excluding hydrogens is 340 g/mol. The summed E-state index contributed by atoms with van der Waals surface area (Å²) < 4.78 is 11.3. The maximum Gasteiger partial charge on any atom is 0.293 e. The number of carbonyl (C=O) groups is 1. The molecule has 2 heterocycles. The molecule has 130 valence electrons. The number of thiophene rings is 1. The number of nitrogens with one attached hydrogen (secondary N) is 1. The second-order valence-corrected chi connectivity index (χ2v) is 6.33. The topological polar surface area (TPSA) is 69.7 Å². The van der Waals surface area contributed by atoms with E-state index in [2.05, 4.69) is 10.5 Å². The molecule has 7 heteroatoms. The van der Waals surface area contributed by atoms with Gasteiger partial charge in [-0.3, -0.25) is 9.78 Å². The van der Waals surface area contributed by atoms with Gasteiger partial charge in [0.15, 0.2) is 5.75 Å². The highest BCUT2D eigenvalue weighted by Gasteiger charge is 2.10. The average Bonchev–Trinajstić information content (AvgIpc) is 3.08. The average molecular weight is 358 g/mol. The third kappa shape index (κ3) is 4.76. The molecule has 0 atom stereocenters. The summed E-state index contributed by atoms with van der Waals surface area (Å²) in [5.41, 5.74) is 3.48. The number of rotatable bonds is 8. The fraction of sp³-hybridized carbons (Fsp3) is 0.222. The van der Waals surface area contributed by atoms with E-state index >= 15 is 0 Å². The minimum Gasteiger partial charge on any atom is -0.382 e. The van der Waals surface area contributed by atoms with E-state index in [1.54, 1.807) is 31.6 Å². The molecule has 0 spiro atoms. The Balaban J connectivity index is 1.51. The molecule has 25 heavy (non-hydrogen) atoms. The highest BCUT2D eigenvalue weighted by molar-refractivity contribution is 7.20. The van der Waals surface area contributed by atoms with Gasteiger partial charge in [0.2, 0.25) is 0 Å². The van der Waals surface area contributed by atoms with Crippen molar-refractivity contribution >= 4 is 27.3 Å². The summed E-state index contributed by atoms with van der Waals surface area (Å²) in [4.78, 5) is 22.2. The minimum absolute atomic E-state index is 0.284. The number of amides is 1. The van der Waals surface area contributed by atoms with Crippen LogP contribution in [0.5, 0.6) is 5.75 Å². The van der Waals surface area contributed by atoms with Gasteiger partial charge in [-0.15, -0.1) is 11.3 Å². The van der Waals surface area contributed by atoms with Crippen LogP contribution in [-0.2, 0) is 16.1 Å². The van der Waals surface area contributed by atoms with E-state index in [0.29, 0.717) is 30.4 Å². The van der Waals surface area contributed by atoms with Crippen LogP contribution < -0.4 is 10.3 Å². The number of pyridine rings is 1. The van der Waals surface area contributed by atoms with Crippen LogP contribution >= 0.6 is 11.3 Å². The Hall–Kier alpha value is -2.48. The van der Waals surface area contributed by atoms with E-state index < -0.39 is 0 Å².